The van der Waals surface area contributed by atoms with Gasteiger partial charge in [-0.25, -0.2) is 4.39 Å². The van der Waals surface area contributed by atoms with Crippen molar-refractivity contribution in [2.45, 2.75) is 51.9 Å². The third kappa shape index (κ3) is 4.77. The number of rotatable bonds is 2. The van der Waals surface area contributed by atoms with Crippen molar-refractivity contribution in [3.8, 4) is 23.7 Å². The third-order valence-corrected chi connectivity index (χ3v) is 5.23. The Hall–Kier alpha value is -2.51. The predicted molar refractivity (Wildman–Crippen MR) is 106 cm³/mol. The Balaban J connectivity index is 1.70. The van der Waals surface area contributed by atoms with E-state index in [4.69, 9.17) is 0 Å². The third-order valence-electron chi connectivity index (χ3n) is 5.23. The van der Waals surface area contributed by atoms with Crippen LogP contribution in [0.3, 0.4) is 0 Å². The van der Waals surface area contributed by atoms with E-state index in [1.165, 1.54) is 18.4 Å². The van der Waals surface area contributed by atoms with E-state index in [2.05, 4.69) is 30.6 Å². The van der Waals surface area contributed by atoms with Gasteiger partial charge in [0.2, 0.25) is 0 Å². The average Bonchev–Trinajstić information content (AvgIpc) is 2.66. The first kappa shape index (κ1) is 18.3. The molecule has 0 aliphatic heterocycles. The number of halogens is 1. The highest BCUT2D eigenvalue weighted by Gasteiger charge is 2.22. The lowest BCUT2D eigenvalue weighted by molar-refractivity contribution is 0.342. The second-order valence-corrected chi connectivity index (χ2v) is 7.24. The van der Waals surface area contributed by atoms with Crippen LogP contribution in [0.4, 0.5) is 4.39 Å². The smallest absolute Gasteiger partial charge is 0.127 e. The Morgan fingerprint density at radius 1 is 0.923 bits per heavy atom. The fraction of sp³-hybridized carbons (Fsp3) is 0.360. The molecule has 0 N–H and O–H groups in total. The molecule has 0 unspecified atom stereocenters. The van der Waals surface area contributed by atoms with Gasteiger partial charge < -0.3 is 0 Å². The van der Waals surface area contributed by atoms with E-state index in [1.807, 2.05) is 43.3 Å². The summed E-state index contributed by atoms with van der Waals surface area (Å²) < 4.78 is 14.5. The summed E-state index contributed by atoms with van der Waals surface area (Å²) in [5.74, 6) is 13.2. The maximum atomic E-state index is 14.5. The van der Waals surface area contributed by atoms with Crippen LogP contribution in [0.25, 0.3) is 0 Å². The van der Waals surface area contributed by atoms with E-state index >= 15 is 0 Å². The molecule has 0 amide bonds. The predicted octanol–water partition coefficient (Wildman–Crippen LogP) is 6.09. The maximum absolute atomic E-state index is 14.5. The molecule has 0 bridgehead atoms. The summed E-state index contributed by atoms with van der Waals surface area (Å²) in [6.45, 7) is 4.13. The van der Waals surface area contributed by atoms with Crippen LogP contribution >= 0.6 is 0 Å². The van der Waals surface area contributed by atoms with E-state index in [1.54, 1.807) is 6.07 Å². The minimum atomic E-state index is -0.107. The average molecular weight is 344 g/mol. The Kier molecular flexibility index (Phi) is 6.14. The van der Waals surface area contributed by atoms with Crippen molar-refractivity contribution in [2.24, 2.45) is 5.92 Å². The van der Waals surface area contributed by atoms with Crippen molar-refractivity contribution in [1.82, 2.24) is 0 Å². The monoisotopic (exact) mass is 344 g/mol. The highest BCUT2D eigenvalue weighted by Crippen LogP contribution is 2.36. The van der Waals surface area contributed by atoms with Gasteiger partial charge in [-0.2, -0.15) is 0 Å². The molecule has 1 aliphatic rings. The molecule has 2 aromatic rings. The maximum Gasteiger partial charge on any atom is 0.127 e. The van der Waals surface area contributed by atoms with Gasteiger partial charge in [0.15, 0.2) is 0 Å². The molecule has 0 spiro atoms. The first-order valence-electron chi connectivity index (χ1n) is 9.45. The molecule has 1 aliphatic carbocycles. The van der Waals surface area contributed by atoms with Gasteiger partial charge in [0.1, 0.15) is 5.82 Å². The molecule has 0 heterocycles. The van der Waals surface area contributed by atoms with Crippen LogP contribution in [-0.4, -0.2) is 0 Å². The van der Waals surface area contributed by atoms with Crippen molar-refractivity contribution < 1.29 is 4.39 Å². The van der Waals surface area contributed by atoms with Crippen LogP contribution in [0, 0.1) is 35.4 Å². The van der Waals surface area contributed by atoms with Crippen molar-refractivity contribution in [2.75, 3.05) is 0 Å². The molecule has 1 saturated carbocycles. The minimum Gasteiger partial charge on any atom is -0.207 e. The zero-order valence-electron chi connectivity index (χ0n) is 15.6. The van der Waals surface area contributed by atoms with Crippen molar-refractivity contribution >= 4 is 0 Å². The van der Waals surface area contributed by atoms with Gasteiger partial charge in [-0.05, 0) is 67.0 Å². The second kappa shape index (κ2) is 8.73. The van der Waals surface area contributed by atoms with Gasteiger partial charge >= 0.3 is 0 Å². The van der Waals surface area contributed by atoms with Crippen LogP contribution in [0.5, 0.6) is 0 Å². The standard InChI is InChI=1S/C25H25F/c1-3-4-5-20-8-10-21(11-9-20)12-13-22-14-17-24(25(26)18-22)23-15-6-19(2)7-16-23/h8-11,14,17-19,23H,5-7,15-16H2,1-2H3. The number of hydrogen-bond donors (Lipinski definition) is 0. The van der Waals surface area contributed by atoms with Gasteiger partial charge in [0.05, 0.1) is 0 Å². The Labute approximate surface area is 156 Å². The van der Waals surface area contributed by atoms with Crippen molar-refractivity contribution in [1.29, 1.82) is 0 Å². The lowest BCUT2D eigenvalue weighted by Gasteiger charge is -2.26. The molecular weight excluding hydrogens is 319 g/mol. The van der Waals surface area contributed by atoms with Gasteiger partial charge in [-0.15, -0.1) is 5.92 Å². The van der Waals surface area contributed by atoms with Gasteiger partial charge in [-0.1, -0.05) is 55.7 Å². The molecular formula is C25H25F. The zero-order valence-corrected chi connectivity index (χ0v) is 15.6. The van der Waals surface area contributed by atoms with Gasteiger partial charge in [-0.3, -0.25) is 0 Å². The second-order valence-electron chi connectivity index (χ2n) is 7.24. The van der Waals surface area contributed by atoms with Crippen LogP contribution in [0.2, 0.25) is 0 Å². The topological polar surface area (TPSA) is 0 Å². The summed E-state index contributed by atoms with van der Waals surface area (Å²) in [5.41, 5.74) is 3.71. The molecule has 0 aromatic heterocycles. The SMILES string of the molecule is CC#CCc1ccc(C#Cc2ccc(C3CCC(C)CC3)c(F)c2)cc1. The normalized spacial score (nSPS) is 19.0. The van der Waals surface area contributed by atoms with Crippen molar-refractivity contribution in [3.63, 3.8) is 0 Å². The molecule has 0 radical (unpaired) electrons. The highest BCUT2D eigenvalue weighted by molar-refractivity contribution is 5.45. The van der Waals surface area contributed by atoms with Crippen LogP contribution in [0.15, 0.2) is 42.5 Å². The lowest BCUT2D eigenvalue weighted by Crippen LogP contribution is -2.12. The highest BCUT2D eigenvalue weighted by atomic mass is 19.1. The van der Waals surface area contributed by atoms with E-state index in [9.17, 15) is 4.39 Å². The fourth-order valence-electron chi connectivity index (χ4n) is 3.55. The Morgan fingerprint density at radius 2 is 1.58 bits per heavy atom. The lowest BCUT2D eigenvalue weighted by atomic mass is 9.79. The molecule has 26 heavy (non-hydrogen) atoms. The molecule has 0 nitrogen and oxygen atoms in total. The largest absolute Gasteiger partial charge is 0.207 e. The van der Waals surface area contributed by atoms with E-state index in [-0.39, 0.29) is 5.82 Å². The first-order chi connectivity index (χ1) is 12.7. The Bertz CT molecular complexity index is 860. The summed E-state index contributed by atoms with van der Waals surface area (Å²) in [7, 11) is 0. The molecule has 2 aromatic carbocycles. The molecule has 1 fully saturated rings. The molecule has 0 saturated heterocycles. The van der Waals surface area contributed by atoms with Gasteiger partial charge in [0.25, 0.3) is 0 Å². The summed E-state index contributed by atoms with van der Waals surface area (Å²) in [4.78, 5) is 0. The summed E-state index contributed by atoms with van der Waals surface area (Å²) in [6, 6.07) is 13.6. The van der Waals surface area contributed by atoms with E-state index < -0.39 is 0 Å². The van der Waals surface area contributed by atoms with Crippen LogP contribution in [0.1, 0.15) is 67.7 Å². The zero-order chi connectivity index (χ0) is 18.4. The Morgan fingerprint density at radius 3 is 2.23 bits per heavy atom. The minimum absolute atomic E-state index is 0.107. The molecule has 3 rings (SSSR count). The quantitative estimate of drug-likeness (QED) is 0.579. The van der Waals surface area contributed by atoms with Crippen LogP contribution in [-0.2, 0) is 6.42 Å². The first-order valence-corrected chi connectivity index (χ1v) is 9.45. The number of hydrogen-bond acceptors (Lipinski definition) is 0. The van der Waals surface area contributed by atoms with Gasteiger partial charge in [0, 0.05) is 17.5 Å². The summed E-state index contributed by atoms with van der Waals surface area (Å²) >= 11 is 0. The summed E-state index contributed by atoms with van der Waals surface area (Å²) in [6.07, 6.45) is 5.35. The molecule has 1 heteroatoms. The van der Waals surface area contributed by atoms with E-state index in [0.717, 1.165) is 41.9 Å². The van der Waals surface area contributed by atoms with E-state index in [0.29, 0.717) is 5.92 Å². The molecule has 0 atom stereocenters. The van der Waals surface area contributed by atoms with Crippen LogP contribution < -0.4 is 0 Å². The van der Waals surface area contributed by atoms with Crippen molar-refractivity contribution in [3.05, 3.63) is 70.5 Å². The number of benzene rings is 2. The summed E-state index contributed by atoms with van der Waals surface area (Å²) in [5, 5.41) is 0. The molecule has 132 valence electrons. The fourth-order valence-corrected chi connectivity index (χ4v) is 3.55.